The number of rotatable bonds is 10. The van der Waals surface area contributed by atoms with Crippen LogP contribution in [0, 0.1) is 0 Å². The van der Waals surface area contributed by atoms with E-state index in [4.69, 9.17) is 9.47 Å². The first kappa shape index (κ1) is 24.6. The van der Waals surface area contributed by atoms with E-state index in [1.807, 2.05) is 55.4 Å². The van der Waals surface area contributed by atoms with Crippen molar-refractivity contribution in [3.05, 3.63) is 66.5 Å². The van der Waals surface area contributed by atoms with E-state index < -0.39 is 0 Å². The maximum atomic E-state index is 12.6. The highest BCUT2D eigenvalue weighted by molar-refractivity contribution is 6.03. The van der Waals surface area contributed by atoms with Crippen molar-refractivity contribution in [3.63, 3.8) is 0 Å². The van der Waals surface area contributed by atoms with Crippen molar-refractivity contribution in [1.29, 1.82) is 0 Å². The second-order valence-electron chi connectivity index (χ2n) is 8.96. The van der Waals surface area contributed by atoms with Gasteiger partial charge in [-0.25, -0.2) is 9.97 Å². The van der Waals surface area contributed by atoms with Crippen LogP contribution >= 0.6 is 0 Å². The smallest absolute Gasteiger partial charge is 0.248 e. The number of carbonyl (C=O) groups excluding carboxylic acids is 1. The highest BCUT2D eigenvalue weighted by atomic mass is 16.5. The molecule has 35 heavy (non-hydrogen) atoms. The van der Waals surface area contributed by atoms with Crippen LogP contribution in [-0.4, -0.2) is 60.7 Å². The predicted molar refractivity (Wildman–Crippen MR) is 139 cm³/mol. The van der Waals surface area contributed by atoms with Crippen LogP contribution in [0.3, 0.4) is 0 Å². The number of hydrogen-bond donors (Lipinski definition) is 2. The molecule has 2 N–H and O–H groups in total. The molecule has 184 valence electrons. The lowest BCUT2D eigenvalue weighted by molar-refractivity contribution is -0.111. The lowest BCUT2D eigenvalue weighted by Crippen LogP contribution is -2.18. The number of nitrogens with zero attached hydrogens (tertiary/aromatic N) is 3. The molecule has 1 aliphatic heterocycles. The Morgan fingerprint density at radius 1 is 1.26 bits per heavy atom. The minimum absolute atomic E-state index is 0.0387. The molecule has 1 fully saturated rings. The Balaban J connectivity index is 1.62. The number of benzene rings is 2. The molecule has 1 amide bonds. The van der Waals surface area contributed by atoms with E-state index >= 15 is 0 Å². The number of anilines is 2. The zero-order valence-electron chi connectivity index (χ0n) is 20.5. The van der Waals surface area contributed by atoms with Gasteiger partial charge in [0.1, 0.15) is 24.5 Å². The summed E-state index contributed by atoms with van der Waals surface area (Å²) in [5.41, 5.74) is 2.45. The summed E-state index contributed by atoms with van der Waals surface area (Å²) in [5.74, 6) is 1.02. The molecule has 1 aliphatic rings. The first-order valence-corrected chi connectivity index (χ1v) is 12.0. The van der Waals surface area contributed by atoms with Crippen molar-refractivity contribution in [2.24, 2.45) is 0 Å². The number of amides is 1. The quantitative estimate of drug-likeness (QED) is 0.420. The molecule has 4 rings (SSSR count). The molecule has 1 aromatic heterocycles. The van der Waals surface area contributed by atoms with Crippen molar-refractivity contribution >= 4 is 28.3 Å². The lowest BCUT2D eigenvalue weighted by atomic mass is 10.1. The molecular formula is C27H33N5O3. The molecule has 0 bridgehead atoms. The molecule has 0 saturated carbocycles. The summed E-state index contributed by atoms with van der Waals surface area (Å²) < 4.78 is 11.8. The van der Waals surface area contributed by atoms with Gasteiger partial charge in [-0.15, -0.1) is 0 Å². The molecule has 0 spiro atoms. The summed E-state index contributed by atoms with van der Waals surface area (Å²) in [6, 6.07) is 13.9. The molecule has 0 aliphatic carbocycles. The van der Waals surface area contributed by atoms with Crippen LogP contribution in [0.2, 0.25) is 0 Å². The van der Waals surface area contributed by atoms with Gasteiger partial charge in [0, 0.05) is 36.7 Å². The van der Waals surface area contributed by atoms with Gasteiger partial charge < -0.3 is 25.0 Å². The van der Waals surface area contributed by atoms with Crippen molar-refractivity contribution in [2.45, 2.75) is 31.9 Å². The Labute approximate surface area is 206 Å². The molecule has 2 heterocycles. The highest BCUT2D eigenvalue weighted by Crippen LogP contribution is 2.34. The predicted octanol–water partition coefficient (Wildman–Crippen LogP) is 4.42. The summed E-state index contributed by atoms with van der Waals surface area (Å²) in [4.78, 5) is 23.6. The number of ether oxygens (including phenoxy) is 2. The van der Waals surface area contributed by atoms with Crippen molar-refractivity contribution in [3.8, 4) is 5.75 Å². The second-order valence-corrected chi connectivity index (χ2v) is 8.96. The normalized spacial score (nSPS) is 16.6. The van der Waals surface area contributed by atoms with E-state index in [2.05, 4.69) is 39.7 Å². The largest absolute Gasteiger partial charge is 0.489 e. The fourth-order valence-corrected chi connectivity index (χ4v) is 3.95. The number of hydrogen-bond acceptors (Lipinski definition) is 7. The van der Waals surface area contributed by atoms with Crippen LogP contribution < -0.4 is 15.4 Å². The van der Waals surface area contributed by atoms with E-state index in [1.54, 1.807) is 0 Å². The number of carbonyl (C=O) groups is 1. The van der Waals surface area contributed by atoms with Gasteiger partial charge in [0.2, 0.25) is 5.91 Å². The molecule has 2 atom stereocenters. The van der Waals surface area contributed by atoms with Crippen LogP contribution in [0.25, 0.3) is 10.9 Å². The third-order valence-corrected chi connectivity index (χ3v) is 5.84. The first-order valence-electron chi connectivity index (χ1n) is 12.0. The summed E-state index contributed by atoms with van der Waals surface area (Å²) in [6.45, 7) is 3.94. The Bertz CT molecular complexity index is 1160. The van der Waals surface area contributed by atoms with E-state index in [9.17, 15) is 4.79 Å². The van der Waals surface area contributed by atoms with E-state index in [1.165, 1.54) is 12.4 Å². The molecule has 2 unspecified atom stereocenters. The molecular weight excluding hydrogens is 442 g/mol. The number of likely N-dealkylation sites (N-methyl/N-ethyl adjacent to an activating group) is 1. The Kier molecular flexibility index (Phi) is 8.28. The van der Waals surface area contributed by atoms with Gasteiger partial charge in [-0.2, -0.15) is 0 Å². The van der Waals surface area contributed by atoms with Gasteiger partial charge in [0.15, 0.2) is 0 Å². The van der Waals surface area contributed by atoms with Gasteiger partial charge in [-0.1, -0.05) is 36.4 Å². The summed E-state index contributed by atoms with van der Waals surface area (Å²) in [6.07, 6.45) is 6.95. The number of nitrogens with one attached hydrogen (secondary N) is 2. The van der Waals surface area contributed by atoms with Crippen LogP contribution in [0.5, 0.6) is 5.75 Å². The molecule has 3 aromatic rings. The first-order chi connectivity index (χ1) is 17.0. The highest BCUT2D eigenvalue weighted by Gasteiger charge is 2.19. The van der Waals surface area contributed by atoms with Crippen LogP contribution in [-0.2, 0) is 9.53 Å². The van der Waals surface area contributed by atoms with E-state index in [0.717, 1.165) is 35.9 Å². The third-order valence-electron chi connectivity index (χ3n) is 5.84. The van der Waals surface area contributed by atoms with E-state index in [0.29, 0.717) is 30.4 Å². The van der Waals surface area contributed by atoms with Crippen molar-refractivity contribution in [1.82, 2.24) is 14.9 Å². The summed E-state index contributed by atoms with van der Waals surface area (Å²) >= 11 is 0. The SMILES string of the molecule is CC(Nc1ncnc2cc(OCC3CCCO3)c(NC(=O)C=CCN(C)C)cc12)c1ccccc1. The zero-order valence-corrected chi connectivity index (χ0v) is 20.5. The Hall–Kier alpha value is -3.49. The number of fused-ring (bicyclic) bond motifs is 1. The average Bonchev–Trinajstić information content (AvgIpc) is 3.37. The molecule has 8 heteroatoms. The van der Waals surface area contributed by atoms with Gasteiger partial charge in [-0.05, 0) is 45.5 Å². The van der Waals surface area contributed by atoms with Crippen LogP contribution in [0.15, 0.2) is 60.9 Å². The third kappa shape index (κ3) is 6.77. The van der Waals surface area contributed by atoms with E-state index in [-0.39, 0.29) is 18.1 Å². The maximum absolute atomic E-state index is 12.6. The summed E-state index contributed by atoms with van der Waals surface area (Å²) in [5, 5.41) is 7.25. The molecule has 0 radical (unpaired) electrons. The monoisotopic (exact) mass is 475 g/mol. The topological polar surface area (TPSA) is 88.6 Å². The van der Waals surface area contributed by atoms with Crippen molar-refractivity contribution in [2.75, 3.05) is 44.5 Å². The molecule has 8 nitrogen and oxygen atoms in total. The fourth-order valence-electron chi connectivity index (χ4n) is 3.95. The fraction of sp³-hybridized carbons (Fsp3) is 0.370. The van der Waals surface area contributed by atoms with Crippen LogP contribution in [0.1, 0.15) is 31.4 Å². The Morgan fingerprint density at radius 3 is 2.83 bits per heavy atom. The standard InChI is InChI=1S/C27H33N5O3/c1-19(20-9-5-4-6-10-20)30-27-22-15-24(31-26(33)12-7-13-32(2)3)25(16-23(22)28-18-29-27)35-17-21-11-8-14-34-21/h4-7,9-10,12,15-16,18-19,21H,8,11,13-14,17H2,1-3H3,(H,31,33)(H,28,29,30). The van der Waals surface area contributed by atoms with Gasteiger partial charge in [-0.3, -0.25) is 4.79 Å². The zero-order chi connectivity index (χ0) is 24.6. The molecule has 1 saturated heterocycles. The minimum Gasteiger partial charge on any atom is -0.489 e. The second kappa shape index (κ2) is 11.8. The molecule has 2 aromatic carbocycles. The maximum Gasteiger partial charge on any atom is 0.248 e. The average molecular weight is 476 g/mol. The van der Waals surface area contributed by atoms with Gasteiger partial charge >= 0.3 is 0 Å². The minimum atomic E-state index is -0.225. The van der Waals surface area contributed by atoms with Crippen LogP contribution in [0.4, 0.5) is 11.5 Å². The van der Waals surface area contributed by atoms with Gasteiger partial charge in [0.05, 0.1) is 17.3 Å². The van der Waals surface area contributed by atoms with Crippen molar-refractivity contribution < 1.29 is 14.3 Å². The number of aromatic nitrogens is 2. The van der Waals surface area contributed by atoms with Gasteiger partial charge in [0.25, 0.3) is 0 Å². The summed E-state index contributed by atoms with van der Waals surface area (Å²) in [7, 11) is 3.90. The Morgan fingerprint density at radius 2 is 2.09 bits per heavy atom. The lowest BCUT2D eigenvalue weighted by Gasteiger charge is -2.18.